The molecule has 1 aliphatic rings. The number of nitrogens with zero attached hydrogens (tertiary/aromatic N) is 1. The van der Waals surface area contributed by atoms with Crippen molar-refractivity contribution >= 4 is 17.4 Å². The molecule has 0 amide bonds. The van der Waals surface area contributed by atoms with E-state index in [9.17, 15) is 9.59 Å². The van der Waals surface area contributed by atoms with E-state index in [0.29, 0.717) is 17.8 Å². The Hall–Kier alpha value is -3.48. The zero-order valence-corrected chi connectivity index (χ0v) is 18.2. The second-order valence-corrected chi connectivity index (χ2v) is 8.10. The van der Waals surface area contributed by atoms with Gasteiger partial charge in [0.05, 0.1) is 11.6 Å². The molecule has 2 N–H and O–H groups in total. The van der Waals surface area contributed by atoms with E-state index in [1.165, 1.54) is 6.92 Å². The third-order valence-corrected chi connectivity index (χ3v) is 5.66. The second kappa shape index (κ2) is 8.94. The van der Waals surface area contributed by atoms with E-state index >= 15 is 0 Å². The molecule has 0 bridgehead atoms. The number of hydrogen-bond donors (Lipinski definition) is 1. The SMILES string of the molecule is CC(=O)[C@@]1(OC(=O)c2ccc(N)cc2)C[C@H](c2ccc(C)cc2)N(Cc2ccccc2)O1. The number of hydroxylamine groups is 2. The summed E-state index contributed by atoms with van der Waals surface area (Å²) >= 11 is 0. The van der Waals surface area contributed by atoms with Crippen molar-refractivity contribution in [3.05, 3.63) is 101 Å². The summed E-state index contributed by atoms with van der Waals surface area (Å²) in [6, 6.07) is 24.0. The van der Waals surface area contributed by atoms with Crippen LogP contribution in [-0.4, -0.2) is 22.6 Å². The van der Waals surface area contributed by atoms with Crippen LogP contribution >= 0.6 is 0 Å². The van der Waals surface area contributed by atoms with E-state index in [1.54, 1.807) is 29.3 Å². The number of carbonyl (C=O) groups is 2. The lowest BCUT2D eigenvalue weighted by atomic mass is 9.96. The average Bonchev–Trinajstić information content (AvgIpc) is 3.14. The Morgan fingerprint density at radius 1 is 1.03 bits per heavy atom. The van der Waals surface area contributed by atoms with Crippen LogP contribution in [0.3, 0.4) is 0 Å². The van der Waals surface area contributed by atoms with Gasteiger partial charge >= 0.3 is 5.97 Å². The van der Waals surface area contributed by atoms with Crippen LogP contribution in [0.25, 0.3) is 0 Å². The van der Waals surface area contributed by atoms with Gasteiger partial charge in [-0.05, 0) is 42.3 Å². The topological polar surface area (TPSA) is 81.9 Å². The van der Waals surface area contributed by atoms with Crippen molar-refractivity contribution in [1.82, 2.24) is 5.06 Å². The van der Waals surface area contributed by atoms with Gasteiger partial charge < -0.3 is 10.5 Å². The van der Waals surface area contributed by atoms with E-state index in [0.717, 1.165) is 16.7 Å². The first-order valence-corrected chi connectivity index (χ1v) is 10.5. The van der Waals surface area contributed by atoms with Gasteiger partial charge in [0, 0.05) is 25.6 Å². The number of nitrogens with two attached hydrogens (primary N) is 1. The molecule has 6 heteroatoms. The van der Waals surface area contributed by atoms with Crippen molar-refractivity contribution in [1.29, 1.82) is 0 Å². The highest BCUT2D eigenvalue weighted by Crippen LogP contribution is 2.43. The molecule has 0 radical (unpaired) electrons. The summed E-state index contributed by atoms with van der Waals surface area (Å²) in [6.07, 6.45) is 0.193. The molecule has 32 heavy (non-hydrogen) atoms. The molecule has 1 aliphatic heterocycles. The van der Waals surface area contributed by atoms with E-state index in [2.05, 4.69) is 0 Å². The first kappa shape index (κ1) is 21.7. The summed E-state index contributed by atoms with van der Waals surface area (Å²) in [7, 11) is 0. The lowest BCUT2D eigenvalue weighted by Gasteiger charge is -2.26. The van der Waals surface area contributed by atoms with E-state index in [-0.39, 0.29) is 18.2 Å². The first-order valence-electron chi connectivity index (χ1n) is 10.5. The highest BCUT2D eigenvalue weighted by atomic mass is 16.8. The summed E-state index contributed by atoms with van der Waals surface area (Å²) in [5.41, 5.74) is 9.69. The normalized spacial score (nSPS) is 20.8. The van der Waals surface area contributed by atoms with Crippen LogP contribution in [0, 0.1) is 6.92 Å². The van der Waals surface area contributed by atoms with Crippen molar-refractivity contribution in [2.45, 2.75) is 38.6 Å². The quantitative estimate of drug-likeness (QED) is 0.455. The molecule has 1 fully saturated rings. The van der Waals surface area contributed by atoms with Crippen molar-refractivity contribution in [2.24, 2.45) is 0 Å². The van der Waals surface area contributed by atoms with Crippen LogP contribution in [-0.2, 0) is 20.9 Å². The minimum atomic E-state index is -1.71. The Balaban J connectivity index is 1.66. The molecule has 1 saturated heterocycles. The molecule has 1 heterocycles. The van der Waals surface area contributed by atoms with Gasteiger partial charge in [0.25, 0.3) is 5.79 Å². The fraction of sp³-hybridized carbons (Fsp3) is 0.231. The fourth-order valence-electron chi connectivity index (χ4n) is 3.79. The molecule has 0 unspecified atom stereocenters. The molecule has 0 saturated carbocycles. The monoisotopic (exact) mass is 430 g/mol. The number of ketones is 1. The van der Waals surface area contributed by atoms with Crippen molar-refractivity contribution in [3.8, 4) is 0 Å². The number of anilines is 1. The maximum absolute atomic E-state index is 12.9. The van der Waals surface area contributed by atoms with Crippen LogP contribution in [0.2, 0.25) is 0 Å². The number of Topliss-reactive ketones (excluding diaryl/α,β-unsaturated/α-hetero) is 1. The predicted octanol–water partition coefficient (Wildman–Crippen LogP) is 4.60. The van der Waals surface area contributed by atoms with E-state index < -0.39 is 11.8 Å². The third kappa shape index (κ3) is 4.56. The molecule has 3 aromatic rings. The van der Waals surface area contributed by atoms with Crippen LogP contribution in [0.1, 0.15) is 46.4 Å². The Morgan fingerprint density at radius 2 is 1.69 bits per heavy atom. The summed E-state index contributed by atoms with van der Waals surface area (Å²) in [4.78, 5) is 31.8. The molecule has 6 nitrogen and oxygen atoms in total. The molecular formula is C26H26N2O4. The number of nitrogen functional groups attached to an aromatic ring is 1. The summed E-state index contributed by atoms with van der Waals surface area (Å²) in [6.45, 7) is 3.84. The van der Waals surface area contributed by atoms with Crippen LogP contribution in [0.15, 0.2) is 78.9 Å². The van der Waals surface area contributed by atoms with Crippen molar-refractivity contribution in [3.63, 3.8) is 0 Å². The number of carbonyl (C=O) groups excluding carboxylic acids is 2. The van der Waals surface area contributed by atoms with Crippen molar-refractivity contribution < 1.29 is 19.2 Å². The maximum atomic E-state index is 12.9. The summed E-state index contributed by atoms with van der Waals surface area (Å²) in [5.74, 6) is -2.71. The number of rotatable bonds is 6. The average molecular weight is 431 g/mol. The number of aryl methyl sites for hydroxylation is 1. The molecule has 2 atom stereocenters. The summed E-state index contributed by atoms with van der Waals surface area (Å²) in [5, 5.41) is 1.73. The maximum Gasteiger partial charge on any atom is 0.341 e. The van der Waals surface area contributed by atoms with Gasteiger partial charge in [-0.3, -0.25) is 4.79 Å². The zero-order chi connectivity index (χ0) is 22.7. The Kier molecular flexibility index (Phi) is 6.08. The predicted molar refractivity (Wildman–Crippen MR) is 121 cm³/mol. The minimum Gasteiger partial charge on any atom is -0.420 e. The van der Waals surface area contributed by atoms with Crippen LogP contribution in [0.4, 0.5) is 5.69 Å². The highest BCUT2D eigenvalue weighted by Gasteiger charge is 2.53. The molecule has 0 aliphatic carbocycles. The van der Waals surface area contributed by atoms with Gasteiger partial charge in [-0.15, -0.1) is 0 Å². The standard InChI is InChI=1S/C26H26N2O4/c1-18-8-10-21(11-9-18)24-16-26(19(2)29,31-25(30)22-12-14-23(27)15-13-22)32-28(24)17-20-6-4-3-5-7-20/h3-15,24H,16-17,27H2,1-2H3/t24-,26-/m1/s1. The zero-order valence-electron chi connectivity index (χ0n) is 18.2. The smallest absolute Gasteiger partial charge is 0.341 e. The van der Waals surface area contributed by atoms with E-state index in [1.807, 2.05) is 61.5 Å². The van der Waals surface area contributed by atoms with Crippen LogP contribution < -0.4 is 5.73 Å². The van der Waals surface area contributed by atoms with Gasteiger partial charge in [-0.25, -0.2) is 9.63 Å². The number of esters is 1. The molecule has 3 aromatic carbocycles. The van der Waals surface area contributed by atoms with Gasteiger partial charge in [-0.2, -0.15) is 5.06 Å². The molecular weight excluding hydrogens is 404 g/mol. The lowest BCUT2D eigenvalue weighted by Crippen LogP contribution is -2.42. The fourth-order valence-corrected chi connectivity index (χ4v) is 3.79. The van der Waals surface area contributed by atoms with Gasteiger partial charge in [0.2, 0.25) is 5.78 Å². The first-order chi connectivity index (χ1) is 15.4. The molecule has 0 spiro atoms. The number of hydrogen-bond acceptors (Lipinski definition) is 6. The van der Waals surface area contributed by atoms with Gasteiger partial charge in [0.15, 0.2) is 0 Å². The Morgan fingerprint density at radius 3 is 2.31 bits per heavy atom. The van der Waals surface area contributed by atoms with E-state index in [4.69, 9.17) is 15.3 Å². The minimum absolute atomic E-state index is 0.193. The molecule has 164 valence electrons. The number of ether oxygens (including phenoxy) is 1. The lowest BCUT2D eigenvalue weighted by molar-refractivity contribution is -0.274. The number of benzene rings is 3. The molecule has 4 rings (SSSR count). The Bertz CT molecular complexity index is 1100. The van der Waals surface area contributed by atoms with Gasteiger partial charge in [0.1, 0.15) is 0 Å². The van der Waals surface area contributed by atoms with Crippen molar-refractivity contribution in [2.75, 3.05) is 5.73 Å². The third-order valence-electron chi connectivity index (χ3n) is 5.66. The second-order valence-electron chi connectivity index (χ2n) is 8.10. The summed E-state index contributed by atoms with van der Waals surface area (Å²) < 4.78 is 5.74. The van der Waals surface area contributed by atoms with Gasteiger partial charge in [-0.1, -0.05) is 60.2 Å². The largest absolute Gasteiger partial charge is 0.420 e. The van der Waals surface area contributed by atoms with Crippen LogP contribution in [0.5, 0.6) is 0 Å². The highest BCUT2D eigenvalue weighted by molar-refractivity contribution is 5.93. The Labute approximate surface area is 187 Å². The molecule has 0 aromatic heterocycles.